The highest BCUT2D eigenvalue weighted by molar-refractivity contribution is 7.10. The minimum Gasteiger partial charge on any atom is -0.481 e. The van der Waals surface area contributed by atoms with Gasteiger partial charge in [-0.25, -0.2) is 0 Å². The smallest absolute Gasteiger partial charge is 0.304 e. The standard InChI is InChI=1S/C12H20N2O2S/c1-9-4-6-17-11(9)3-5-14(2)8-10(13)7-12(15)16/h4,6,10H,3,5,7-8,13H2,1-2H3,(H,15,16). The SMILES string of the molecule is Cc1ccsc1CCN(C)CC(N)CC(=O)O. The highest BCUT2D eigenvalue weighted by Crippen LogP contribution is 2.16. The van der Waals surface area contributed by atoms with Crippen LogP contribution in [-0.4, -0.2) is 42.2 Å². The Morgan fingerprint density at radius 3 is 2.88 bits per heavy atom. The van der Waals surface area contributed by atoms with E-state index in [4.69, 9.17) is 10.8 Å². The highest BCUT2D eigenvalue weighted by atomic mass is 32.1. The number of nitrogens with zero attached hydrogens (tertiary/aromatic N) is 1. The number of hydrogen-bond donors (Lipinski definition) is 2. The Morgan fingerprint density at radius 1 is 1.65 bits per heavy atom. The molecule has 17 heavy (non-hydrogen) atoms. The van der Waals surface area contributed by atoms with Crippen LogP contribution in [0.1, 0.15) is 16.9 Å². The van der Waals surface area contributed by atoms with E-state index in [0.717, 1.165) is 13.0 Å². The summed E-state index contributed by atoms with van der Waals surface area (Å²) in [5, 5.41) is 10.7. The number of thiophene rings is 1. The molecular formula is C12H20N2O2S. The first-order chi connectivity index (χ1) is 7.99. The molecule has 0 aliphatic carbocycles. The molecular weight excluding hydrogens is 236 g/mol. The summed E-state index contributed by atoms with van der Waals surface area (Å²) in [7, 11) is 1.98. The Morgan fingerprint density at radius 2 is 2.35 bits per heavy atom. The maximum absolute atomic E-state index is 10.5. The molecule has 4 nitrogen and oxygen atoms in total. The van der Waals surface area contributed by atoms with Crippen LogP contribution >= 0.6 is 11.3 Å². The summed E-state index contributed by atoms with van der Waals surface area (Å²) in [5.41, 5.74) is 7.07. The molecule has 0 spiro atoms. The molecule has 3 N–H and O–H groups in total. The van der Waals surface area contributed by atoms with Crippen LogP contribution in [-0.2, 0) is 11.2 Å². The molecule has 0 fully saturated rings. The summed E-state index contributed by atoms with van der Waals surface area (Å²) >= 11 is 1.77. The normalized spacial score (nSPS) is 12.9. The van der Waals surface area contributed by atoms with Crippen molar-refractivity contribution in [2.24, 2.45) is 5.73 Å². The van der Waals surface area contributed by atoms with Gasteiger partial charge >= 0.3 is 5.97 Å². The van der Waals surface area contributed by atoms with Crippen LogP contribution in [0.5, 0.6) is 0 Å². The number of carboxylic acid groups (broad SMARTS) is 1. The van der Waals surface area contributed by atoms with Crippen molar-refractivity contribution in [3.63, 3.8) is 0 Å². The fourth-order valence-electron chi connectivity index (χ4n) is 1.73. The molecule has 1 rings (SSSR count). The third-order valence-corrected chi connectivity index (χ3v) is 3.75. The Balaban J connectivity index is 2.28. The second-order valence-electron chi connectivity index (χ2n) is 4.40. The van der Waals surface area contributed by atoms with Crippen LogP contribution in [0.2, 0.25) is 0 Å². The van der Waals surface area contributed by atoms with Crippen LogP contribution in [0.15, 0.2) is 11.4 Å². The quantitative estimate of drug-likeness (QED) is 0.772. The van der Waals surface area contributed by atoms with E-state index in [-0.39, 0.29) is 12.5 Å². The minimum absolute atomic E-state index is 0.0301. The molecule has 1 aromatic heterocycles. The predicted octanol–water partition coefficient (Wildman–Crippen LogP) is 1.33. The lowest BCUT2D eigenvalue weighted by atomic mass is 10.2. The van der Waals surface area contributed by atoms with E-state index in [9.17, 15) is 4.79 Å². The fourth-order valence-corrected chi connectivity index (χ4v) is 2.63. The average Bonchev–Trinajstić information content (AvgIpc) is 2.59. The first kappa shape index (κ1) is 14.2. The van der Waals surface area contributed by atoms with Crippen molar-refractivity contribution in [2.45, 2.75) is 25.8 Å². The predicted molar refractivity (Wildman–Crippen MR) is 70.5 cm³/mol. The van der Waals surface area contributed by atoms with Crippen molar-refractivity contribution in [2.75, 3.05) is 20.1 Å². The average molecular weight is 256 g/mol. The van der Waals surface area contributed by atoms with Crippen molar-refractivity contribution >= 4 is 17.3 Å². The van der Waals surface area contributed by atoms with Gasteiger partial charge in [0, 0.05) is 24.0 Å². The minimum atomic E-state index is -0.833. The maximum Gasteiger partial charge on any atom is 0.304 e. The van der Waals surface area contributed by atoms with E-state index < -0.39 is 5.97 Å². The van der Waals surface area contributed by atoms with E-state index in [1.165, 1.54) is 10.4 Å². The molecule has 96 valence electrons. The van der Waals surface area contributed by atoms with Gasteiger partial charge < -0.3 is 15.7 Å². The van der Waals surface area contributed by atoms with Crippen LogP contribution < -0.4 is 5.73 Å². The molecule has 1 atom stereocenters. The number of aryl methyl sites for hydroxylation is 1. The summed E-state index contributed by atoms with van der Waals surface area (Å²) < 4.78 is 0. The van der Waals surface area contributed by atoms with Crippen molar-refractivity contribution in [3.8, 4) is 0 Å². The molecule has 1 heterocycles. The van der Waals surface area contributed by atoms with E-state index in [1.807, 2.05) is 7.05 Å². The number of carboxylic acids is 1. The van der Waals surface area contributed by atoms with E-state index in [0.29, 0.717) is 6.54 Å². The van der Waals surface area contributed by atoms with Gasteiger partial charge in [0.2, 0.25) is 0 Å². The van der Waals surface area contributed by atoms with Crippen LogP contribution in [0, 0.1) is 6.92 Å². The van der Waals surface area contributed by atoms with Gasteiger partial charge in [-0.2, -0.15) is 0 Å². The molecule has 0 aromatic carbocycles. The zero-order chi connectivity index (χ0) is 12.8. The monoisotopic (exact) mass is 256 g/mol. The Hall–Kier alpha value is -0.910. The highest BCUT2D eigenvalue weighted by Gasteiger charge is 2.11. The molecule has 0 saturated heterocycles. The van der Waals surface area contributed by atoms with Gasteiger partial charge in [-0.1, -0.05) is 0 Å². The molecule has 0 radical (unpaired) electrons. The maximum atomic E-state index is 10.5. The van der Waals surface area contributed by atoms with Crippen molar-refractivity contribution < 1.29 is 9.90 Å². The first-order valence-electron chi connectivity index (χ1n) is 5.68. The van der Waals surface area contributed by atoms with Crippen molar-refractivity contribution in [1.29, 1.82) is 0 Å². The van der Waals surface area contributed by atoms with Gasteiger partial charge in [0.25, 0.3) is 0 Å². The molecule has 5 heteroatoms. The van der Waals surface area contributed by atoms with Crippen LogP contribution in [0.25, 0.3) is 0 Å². The molecule has 0 bridgehead atoms. The number of likely N-dealkylation sites (N-methyl/N-ethyl adjacent to an activating group) is 1. The second-order valence-corrected chi connectivity index (χ2v) is 5.40. The second kappa shape index (κ2) is 6.74. The fraction of sp³-hybridized carbons (Fsp3) is 0.583. The number of hydrogen-bond acceptors (Lipinski definition) is 4. The van der Waals surface area contributed by atoms with E-state index in [1.54, 1.807) is 11.3 Å². The topological polar surface area (TPSA) is 66.6 Å². The van der Waals surface area contributed by atoms with E-state index >= 15 is 0 Å². The summed E-state index contributed by atoms with van der Waals surface area (Å²) in [5.74, 6) is -0.833. The van der Waals surface area contributed by atoms with Crippen LogP contribution in [0.4, 0.5) is 0 Å². The van der Waals surface area contributed by atoms with Crippen molar-refractivity contribution in [3.05, 3.63) is 21.9 Å². The Kier molecular flexibility index (Phi) is 5.61. The zero-order valence-corrected chi connectivity index (χ0v) is 11.2. The summed E-state index contributed by atoms with van der Waals surface area (Å²) in [6, 6.07) is 1.83. The van der Waals surface area contributed by atoms with Gasteiger partial charge in [-0.3, -0.25) is 4.79 Å². The molecule has 0 aliphatic rings. The molecule has 0 amide bonds. The largest absolute Gasteiger partial charge is 0.481 e. The Labute approximate surface area is 106 Å². The zero-order valence-electron chi connectivity index (χ0n) is 10.3. The van der Waals surface area contributed by atoms with Gasteiger partial charge in [0.15, 0.2) is 0 Å². The molecule has 0 saturated carbocycles. The lowest BCUT2D eigenvalue weighted by Gasteiger charge is -2.20. The molecule has 1 unspecified atom stereocenters. The van der Waals surface area contributed by atoms with Gasteiger partial charge in [0.1, 0.15) is 0 Å². The number of carbonyl (C=O) groups is 1. The molecule has 1 aromatic rings. The van der Waals surface area contributed by atoms with Gasteiger partial charge in [0.05, 0.1) is 6.42 Å². The number of aliphatic carboxylic acids is 1. The summed E-state index contributed by atoms with van der Waals surface area (Å²) in [6.07, 6.45) is 1.03. The summed E-state index contributed by atoms with van der Waals surface area (Å²) in [4.78, 5) is 14.0. The third kappa shape index (κ3) is 5.30. The Bertz CT molecular complexity index is 365. The number of rotatable bonds is 7. The van der Waals surface area contributed by atoms with Gasteiger partial charge in [-0.05, 0) is 37.4 Å². The van der Waals surface area contributed by atoms with Crippen LogP contribution in [0.3, 0.4) is 0 Å². The summed E-state index contributed by atoms with van der Waals surface area (Å²) in [6.45, 7) is 3.65. The lowest BCUT2D eigenvalue weighted by Crippen LogP contribution is -2.37. The first-order valence-corrected chi connectivity index (χ1v) is 6.56. The van der Waals surface area contributed by atoms with Crippen molar-refractivity contribution in [1.82, 2.24) is 4.90 Å². The number of nitrogens with two attached hydrogens (primary N) is 1. The third-order valence-electron chi connectivity index (χ3n) is 2.67. The lowest BCUT2D eigenvalue weighted by molar-refractivity contribution is -0.137. The molecule has 0 aliphatic heterocycles. The van der Waals surface area contributed by atoms with E-state index in [2.05, 4.69) is 23.3 Å². The van der Waals surface area contributed by atoms with Gasteiger partial charge in [-0.15, -0.1) is 11.3 Å².